The van der Waals surface area contributed by atoms with E-state index in [-0.39, 0.29) is 12.0 Å². The molecule has 3 nitrogen and oxygen atoms in total. The molecule has 0 aliphatic heterocycles. The number of pyridine rings is 1. The number of hydrogen-bond acceptors (Lipinski definition) is 2. The maximum Gasteiger partial charge on any atom is 0.307 e. The van der Waals surface area contributed by atoms with E-state index in [1.807, 2.05) is 22.6 Å². The zero-order valence-electron chi connectivity index (χ0n) is 5.92. The van der Waals surface area contributed by atoms with Gasteiger partial charge in [-0.2, -0.15) is 4.39 Å². The fourth-order valence-corrected chi connectivity index (χ4v) is 1.27. The third-order valence-corrected chi connectivity index (χ3v) is 1.81. The van der Waals surface area contributed by atoms with Crippen molar-refractivity contribution in [3.8, 4) is 0 Å². The second-order valence-corrected chi connectivity index (χ2v) is 3.42. The van der Waals surface area contributed by atoms with Crippen LogP contribution in [-0.4, -0.2) is 16.1 Å². The van der Waals surface area contributed by atoms with Gasteiger partial charge in [0.1, 0.15) is 0 Å². The summed E-state index contributed by atoms with van der Waals surface area (Å²) in [5.74, 6) is -1.77. The lowest BCUT2D eigenvalue weighted by atomic mass is 10.2. The molecule has 0 bridgehead atoms. The summed E-state index contributed by atoms with van der Waals surface area (Å²) in [5.41, 5.74) is 0.120. The highest BCUT2D eigenvalue weighted by molar-refractivity contribution is 14.1. The van der Waals surface area contributed by atoms with Crippen molar-refractivity contribution in [2.24, 2.45) is 0 Å². The molecule has 1 aromatic rings. The van der Waals surface area contributed by atoms with E-state index in [1.165, 1.54) is 12.3 Å². The third-order valence-electron chi connectivity index (χ3n) is 1.22. The molecule has 64 valence electrons. The van der Waals surface area contributed by atoms with E-state index in [1.54, 1.807) is 0 Å². The quantitative estimate of drug-likeness (QED) is 0.659. The monoisotopic (exact) mass is 281 g/mol. The maximum absolute atomic E-state index is 12.8. The first kappa shape index (κ1) is 9.37. The molecule has 0 radical (unpaired) electrons. The minimum atomic E-state index is -1.06. The SMILES string of the molecule is O=C(O)Cc1cc(I)cnc1F. The lowest BCUT2D eigenvalue weighted by molar-refractivity contribution is -0.136. The second-order valence-electron chi connectivity index (χ2n) is 2.17. The van der Waals surface area contributed by atoms with Crippen molar-refractivity contribution in [2.45, 2.75) is 6.42 Å². The number of hydrogen-bond donors (Lipinski definition) is 1. The van der Waals surface area contributed by atoms with E-state index in [0.717, 1.165) is 3.57 Å². The lowest BCUT2D eigenvalue weighted by Gasteiger charge is -1.98. The first-order valence-electron chi connectivity index (χ1n) is 3.11. The molecule has 0 saturated heterocycles. The Morgan fingerprint density at radius 2 is 2.42 bits per heavy atom. The standard InChI is InChI=1S/C7H5FINO2/c8-7-4(2-6(11)12)1-5(9)3-10-7/h1,3H,2H2,(H,11,12). The van der Waals surface area contributed by atoms with Gasteiger partial charge in [-0.05, 0) is 28.7 Å². The van der Waals surface area contributed by atoms with E-state index >= 15 is 0 Å². The molecule has 0 unspecified atom stereocenters. The number of halogens is 2. The Labute approximate surface area is 81.8 Å². The van der Waals surface area contributed by atoms with Gasteiger partial charge in [0.25, 0.3) is 0 Å². The highest BCUT2D eigenvalue weighted by atomic mass is 127. The highest BCUT2D eigenvalue weighted by Crippen LogP contribution is 2.10. The van der Waals surface area contributed by atoms with Crippen molar-refractivity contribution in [3.63, 3.8) is 0 Å². The molecular weight excluding hydrogens is 276 g/mol. The van der Waals surface area contributed by atoms with Crippen LogP contribution in [0.2, 0.25) is 0 Å². The first-order chi connectivity index (χ1) is 5.59. The Hall–Kier alpha value is -0.720. The van der Waals surface area contributed by atoms with E-state index in [9.17, 15) is 9.18 Å². The fraction of sp³-hybridized carbons (Fsp3) is 0.143. The number of rotatable bonds is 2. The minimum Gasteiger partial charge on any atom is -0.481 e. The Kier molecular flexibility index (Phi) is 2.96. The van der Waals surface area contributed by atoms with Gasteiger partial charge in [-0.15, -0.1) is 0 Å². The van der Waals surface area contributed by atoms with Crippen LogP contribution in [0.5, 0.6) is 0 Å². The molecule has 1 aromatic heterocycles. The summed E-state index contributed by atoms with van der Waals surface area (Å²) in [6.45, 7) is 0. The van der Waals surface area contributed by atoms with E-state index in [0.29, 0.717) is 0 Å². The van der Waals surface area contributed by atoms with Crippen molar-refractivity contribution in [1.82, 2.24) is 4.98 Å². The van der Waals surface area contributed by atoms with Gasteiger partial charge in [0, 0.05) is 15.3 Å². The molecule has 0 amide bonds. The summed E-state index contributed by atoms with van der Waals surface area (Å²) in [6, 6.07) is 1.47. The topological polar surface area (TPSA) is 50.2 Å². The van der Waals surface area contributed by atoms with Crippen molar-refractivity contribution < 1.29 is 14.3 Å². The van der Waals surface area contributed by atoms with Crippen molar-refractivity contribution >= 4 is 28.6 Å². The van der Waals surface area contributed by atoms with Crippen LogP contribution in [0.25, 0.3) is 0 Å². The van der Waals surface area contributed by atoms with E-state index in [4.69, 9.17) is 5.11 Å². The summed E-state index contributed by atoms with van der Waals surface area (Å²) >= 11 is 1.95. The number of nitrogens with zero attached hydrogens (tertiary/aromatic N) is 1. The van der Waals surface area contributed by atoms with Crippen LogP contribution in [0.1, 0.15) is 5.56 Å². The molecule has 5 heteroatoms. The second kappa shape index (κ2) is 3.79. The van der Waals surface area contributed by atoms with Gasteiger partial charge >= 0.3 is 5.97 Å². The van der Waals surface area contributed by atoms with Crippen LogP contribution in [0.3, 0.4) is 0 Å². The number of aromatic nitrogens is 1. The molecule has 12 heavy (non-hydrogen) atoms. The largest absolute Gasteiger partial charge is 0.481 e. The lowest BCUT2D eigenvalue weighted by Crippen LogP contribution is -2.04. The van der Waals surface area contributed by atoms with Gasteiger partial charge in [-0.3, -0.25) is 4.79 Å². The van der Waals surface area contributed by atoms with Crippen LogP contribution in [-0.2, 0) is 11.2 Å². The summed E-state index contributed by atoms with van der Waals surface area (Å²) in [5, 5.41) is 8.39. The zero-order chi connectivity index (χ0) is 9.14. The van der Waals surface area contributed by atoms with Crippen molar-refractivity contribution in [1.29, 1.82) is 0 Å². The Morgan fingerprint density at radius 3 is 3.00 bits per heavy atom. The van der Waals surface area contributed by atoms with Gasteiger partial charge in [0.15, 0.2) is 0 Å². The molecule has 0 fully saturated rings. The summed E-state index contributed by atoms with van der Waals surface area (Å²) < 4.78 is 13.5. The van der Waals surface area contributed by atoms with E-state index < -0.39 is 11.9 Å². The van der Waals surface area contributed by atoms with Crippen molar-refractivity contribution in [2.75, 3.05) is 0 Å². The average Bonchev–Trinajstić information content (AvgIpc) is 1.96. The highest BCUT2D eigenvalue weighted by Gasteiger charge is 2.07. The Morgan fingerprint density at radius 1 is 1.75 bits per heavy atom. The molecule has 1 N–H and O–H groups in total. The summed E-state index contributed by atoms with van der Waals surface area (Å²) in [6.07, 6.45) is 1.02. The molecule has 0 aliphatic carbocycles. The van der Waals surface area contributed by atoms with Gasteiger partial charge in [-0.1, -0.05) is 0 Å². The predicted molar refractivity (Wildman–Crippen MR) is 48.3 cm³/mol. The number of aliphatic carboxylic acids is 1. The minimum absolute atomic E-state index is 0.120. The van der Waals surface area contributed by atoms with Gasteiger partial charge < -0.3 is 5.11 Å². The molecule has 0 spiro atoms. The third kappa shape index (κ3) is 2.40. The smallest absolute Gasteiger partial charge is 0.307 e. The van der Waals surface area contributed by atoms with Gasteiger partial charge in [-0.25, -0.2) is 4.98 Å². The molecule has 0 saturated carbocycles. The van der Waals surface area contributed by atoms with Gasteiger partial charge in [0.05, 0.1) is 6.42 Å². The Bertz CT molecular complexity index is 316. The van der Waals surface area contributed by atoms with Crippen molar-refractivity contribution in [3.05, 3.63) is 27.3 Å². The van der Waals surface area contributed by atoms with E-state index in [2.05, 4.69) is 4.98 Å². The predicted octanol–water partition coefficient (Wildman–Crippen LogP) is 1.45. The number of carboxylic acid groups (broad SMARTS) is 1. The Balaban J connectivity index is 2.97. The van der Waals surface area contributed by atoms with Crippen LogP contribution < -0.4 is 0 Å². The normalized spacial score (nSPS) is 9.83. The number of carboxylic acids is 1. The molecule has 0 atom stereocenters. The van der Waals surface area contributed by atoms with Crippen LogP contribution in [0.15, 0.2) is 12.3 Å². The maximum atomic E-state index is 12.8. The molecule has 1 heterocycles. The molecule has 1 rings (SSSR count). The number of carbonyl (C=O) groups is 1. The molecule has 0 aliphatic rings. The van der Waals surface area contributed by atoms with Crippen LogP contribution in [0, 0.1) is 9.52 Å². The van der Waals surface area contributed by atoms with Gasteiger partial charge in [0.2, 0.25) is 5.95 Å². The van der Waals surface area contributed by atoms with Crippen LogP contribution in [0.4, 0.5) is 4.39 Å². The molecular formula is C7H5FINO2. The zero-order valence-corrected chi connectivity index (χ0v) is 8.08. The summed E-state index contributed by atoms with van der Waals surface area (Å²) in [7, 11) is 0. The summed E-state index contributed by atoms with van der Waals surface area (Å²) in [4.78, 5) is 13.6. The first-order valence-corrected chi connectivity index (χ1v) is 4.19. The molecule has 0 aromatic carbocycles. The fourth-order valence-electron chi connectivity index (χ4n) is 0.751. The average molecular weight is 281 g/mol. The van der Waals surface area contributed by atoms with Crippen LogP contribution >= 0.6 is 22.6 Å².